The second kappa shape index (κ2) is 6.02. The Labute approximate surface area is 143 Å². The number of likely N-dealkylation sites (tertiary alicyclic amines) is 1. The fourth-order valence-corrected chi connectivity index (χ4v) is 4.47. The van der Waals surface area contributed by atoms with Crippen LogP contribution in [0.1, 0.15) is 34.4 Å². The van der Waals surface area contributed by atoms with Crippen LogP contribution in [-0.4, -0.2) is 33.4 Å². The van der Waals surface area contributed by atoms with Crippen molar-refractivity contribution >= 4 is 27.3 Å². The molecule has 0 N–H and O–H groups in total. The number of halogens is 1. The van der Waals surface area contributed by atoms with Gasteiger partial charge in [-0.3, -0.25) is 4.79 Å². The van der Waals surface area contributed by atoms with Gasteiger partial charge in [-0.2, -0.15) is 0 Å². The van der Waals surface area contributed by atoms with E-state index in [-0.39, 0.29) is 17.8 Å². The monoisotopic (exact) mass is 343 g/mol. The number of imidazole rings is 1. The summed E-state index contributed by atoms with van der Waals surface area (Å²) in [5.41, 5.74) is 0. The molecule has 3 aromatic rings. The lowest BCUT2D eigenvalue weighted by atomic mass is 10.1. The fraction of sp³-hybridized carbons (Fsp3) is 0.333. The summed E-state index contributed by atoms with van der Waals surface area (Å²) < 4.78 is 16.8. The number of nitrogens with zero attached hydrogens (tertiary/aromatic N) is 3. The van der Waals surface area contributed by atoms with Gasteiger partial charge in [-0.15, -0.1) is 11.3 Å². The molecule has 1 atom stereocenters. The Kier molecular flexibility index (Phi) is 3.84. The molecule has 0 radical (unpaired) electrons. The summed E-state index contributed by atoms with van der Waals surface area (Å²) in [7, 11) is 0. The first kappa shape index (κ1) is 15.3. The Bertz CT molecular complexity index is 901. The maximum absolute atomic E-state index is 13.9. The zero-order valence-corrected chi connectivity index (χ0v) is 14.2. The average Bonchev–Trinajstić information content (AvgIpc) is 3.21. The van der Waals surface area contributed by atoms with E-state index in [0.717, 1.165) is 29.9 Å². The van der Waals surface area contributed by atoms with Crippen LogP contribution in [0.5, 0.6) is 0 Å². The van der Waals surface area contributed by atoms with Gasteiger partial charge in [0.2, 0.25) is 0 Å². The molecule has 6 heteroatoms. The lowest BCUT2D eigenvalue weighted by Crippen LogP contribution is -2.40. The van der Waals surface area contributed by atoms with Gasteiger partial charge in [0.05, 0.1) is 10.9 Å². The summed E-state index contributed by atoms with van der Waals surface area (Å²) in [6.45, 7) is 3.40. The van der Waals surface area contributed by atoms with Crippen LogP contribution in [0, 0.1) is 12.7 Å². The van der Waals surface area contributed by atoms with Crippen molar-refractivity contribution in [3.05, 3.63) is 53.2 Å². The molecule has 0 saturated carbocycles. The number of rotatable bonds is 2. The molecule has 4 rings (SSSR count). The van der Waals surface area contributed by atoms with Crippen molar-refractivity contribution in [3.63, 3.8) is 0 Å². The molecule has 3 heterocycles. The number of amides is 1. The Morgan fingerprint density at radius 1 is 1.42 bits per heavy atom. The van der Waals surface area contributed by atoms with Crippen LogP contribution >= 0.6 is 11.3 Å². The molecule has 1 aliphatic rings. The van der Waals surface area contributed by atoms with E-state index in [1.165, 1.54) is 17.4 Å². The van der Waals surface area contributed by atoms with E-state index in [9.17, 15) is 9.18 Å². The predicted octanol–water partition coefficient (Wildman–Crippen LogP) is 4.02. The third-order valence-electron chi connectivity index (χ3n) is 4.66. The van der Waals surface area contributed by atoms with Gasteiger partial charge in [-0.1, -0.05) is 6.07 Å². The molecule has 124 valence electrons. The SMILES string of the molecule is Cc1nccn1[C@H]1CCCN(C(=O)c2cc3c(F)cccc3s2)C1. The van der Waals surface area contributed by atoms with Crippen LogP contribution < -0.4 is 0 Å². The van der Waals surface area contributed by atoms with Crippen LogP contribution in [0.25, 0.3) is 10.1 Å². The highest BCUT2D eigenvalue weighted by molar-refractivity contribution is 7.20. The molecule has 1 saturated heterocycles. The number of piperidine rings is 1. The largest absolute Gasteiger partial charge is 0.336 e. The summed E-state index contributed by atoms with van der Waals surface area (Å²) in [5, 5.41) is 0.532. The van der Waals surface area contributed by atoms with E-state index in [0.29, 0.717) is 16.8 Å². The molecule has 4 nitrogen and oxygen atoms in total. The van der Waals surface area contributed by atoms with E-state index < -0.39 is 0 Å². The summed E-state index contributed by atoms with van der Waals surface area (Å²) in [5.74, 6) is 0.699. The number of aromatic nitrogens is 2. The number of benzene rings is 1. The third-order valence-corrected chi connectivity index (χ3v) is 5.75. The molecular formula is C18H18FN3OS. The van der Waals surface area contributed by atoms with Gasteiger partial charge >= 0.3 is 0 Å². The smallest absolute Gasteiger partial charge is 0.264 e. The van der Waals surface area contributed by atoms with Crippen molar-refractivity contribution in [1.29, 1.82) is 0 Å². The fourth-order valence-electron chi connectivity index (χ4n) is 3.43. The Hall–Kier alpha value is -2.21. The minimum Gasteiger partial charge on any atom is -0.336 e. The number of thiophene rings is 1. The first-order chi connectivity index (χ1) is 11.6. The summed E-state index contributed by atoms with van der Waals surface area (Å²) >= 11 is 1.36. The van der Waals surface area contributed by atoms with E-state index in [1.807, 2.05) is 24.1 Å². The number of hydrogen-bond donors (Lipinski definition) is 0. The van der Waals surface area contributed by atoms with Crippen molar-refractivity contribution < 1.29 is 9.18 Å². The highest BCUT2D eigenvalue weighted by Crippen LogP contribution is 2.30. The van der Waals surface area contributed by atoms with E-state index >= 15 is 0 Å². The maximum atomic E-state index is 13.9. The lowest BCUT2D eigenvalue weighted by Gasteiger charge is -2.33. The number of hydrogen-bond acceptors (Lipinski definition) is 3. The first-order valence-corrected chi connectivity index (χ1v) is 8.92. The average molecular weight is 343 g/mol. The van der Waals surface area contributed by atoms with Crippen molar-refractivity contribution in [3.8, 4) is 0 Å². The van der Waals surface area contributed by atoms with Crippen LogP contribution in [0.3, 0.4) is 0 Å². The molecule has 24 heavy (non-hydrogen) atoms. The molecule has 1 aromatic carbocycles. The Morgan fingerprint density at radius 3 is 3.04 bits per heavy atom. The molecule has 0 aliphatic carbocycles. The molecule has 2 aromatic heterocycles. The van der Waals surface area contributed by atoms with Gasteiger partial charge in [0.1, 0.15) is 11.6 Å². The summed E-state index contributed by atoms with van der Waals surface area (Å²) in [4.78, 5) is 19.6. The van der Waals surface area contributed by atoms with Gasteiger partial charge in [-0.05, 0) is 38.0 Å². The number of carbonyl (C=O) groups is 1. The molecule has 0 bridgehead atoms. The molecule has 0 unspecified atom stereocenters. The highest BCUT2D eigenvalue weighted by Gasteiger charge is 2.27. The lowest BCUT2D eigenvalue weighted by molar-refractivity contribution is 0.0683. The normalized spacial score (nSPS) is 18.2. The molecular weight excluding hydrogens is 325 g/mol. The van der Waals surface area contributed by atoms with Gasteiger partial charge in [0.25, 0.3) is 5.91 Å². The number of carbonyl (C=O) groups excluding carboxylic acids is 1. The summed E-state index contributed by atoms with van der Waals surface area (Å²) in [6, 6.07) is 6.91. The van der Waals surface area contributed by atoms with Gasteiger partial charge in [0, 0.05) is 35.6 Å². The zero-order valence-electron chi connectivity index (χ0n) is 13.4. The standard InChI is InChI=1S/C18H18FN3OS/c1-12-20-7-9-22(12)13-4-3-8-21(11-13)18(23)17-10-14-15(19)5-2-6-16(14)24-17/h2,5-7,9-10,13H,3-4,8,11H2,1H3/t13-/m0/s1. The van der Waals surface area contributed by atoms with E-state index in [4.69, 9.17) is 0 Å². The summed E-state index contributed by atoms with van der Waals surface area (Å²) in [6.07, 6.45) is 5.78. The van der Waals surface area contributed by atoms with Crippen LogP contribution in [0.15, 0.2) is 36.7 Å². The predicted molar refractivity (Wildman–Crippen MR) is 92.9 cm³/mol. The van der Waals surface area contributed by atoms with E-state index in [1.54, 1.807) is 18.3 Å². The van der Waals surface area contributed by atoms with Crippen LogP contribution in [-0.2, 0) is 0 Å². The van der Waals surface area contributed by atoms with E-state index in [2.05, 4.69) is 9.55 Å². The topological polar surface area (TPSA) is 38.1 Å². The minimum atomic E-state index is -0.270. The quantitative estimate of drug-likeness (QED) is 0.705. The van der Waals surface area contributed by atoms with Crippen molar-refractivity contribution in [2.75, 3.05) is 13.1 Å². The maximum Gasteiger partial charge on any atom is 0.264 e. The van der Waals surface area contributed by atoms with Crippen molar-refractivity contribution in [1.82, 2.24) is 14.5 Å². The minimum absolute atomic E-state index is 0.00179. The molecule has 1 fully saturated rings. The van der Waals surface area contributed by atoms with Gasteiger partial charge in [-0.25, -0.2) is 9.37 Å². The highest BCUT2D eigenvalue weighted by atomic mass is 32.1. The van der Waals surface area contributed by atoms with Crippen LogP contribution in [0.2, 0.25) is 0 Å². The second-order valence-electron chi connectivity index (χ2n) is 6.19. The first-order valence-electron chi connectivity index (χ1n) is 8.10. The Balaban J connectivity index is 1.59. The second-order valence-corrected chi connectivity index (χ2v) is 7.28. The Morgan fingerprint density at radius 2 is 2.29 bits per heavy atom. The molecule has 1 aliphatic heterocycles. The molecule has 0 spiro atoms. The number of fused-ring (bicyclic) bond motifs is 1. The van der Waals surface area contributed by atoms with Crippen molar-refractivity contribution in [2.45, 2.75) is 25.8 Å². The van der Waals surface area contributed by atoms with Gasteiger partial charge < -0.3 is 9.47 Å². The van der Waals surface area contributed by atoms with Crippen LogP contribution in [0.4, 0.5) is 4.39 Å². The zero-order chi connectivity index (χ0) is 16.7. The molecule has 1 amide bonds. The number of aryl methyl sites for hydroxylation is 1. The van der Waals surface area contributed by atoms with Gasteiger partial charge in [0.15, 0.2) is 0 Å². The van der Waals surface area contributed by atoms with Crippen molar-refractivity contribution in [2.24, 2.45) is 0 Å². The third kappa shape index (κ3) is 2.60.